The van der Waals surface area contributed by atoms with Crippen LogP contribution in [0.15, 0.2) is 42.5 Å². The third-order valence-corrected chi connectivity index (χ3v) is 4.42. The van der Waals surface area contributed by atoms with Gasteiger partial charge in [0.1, 0.15) is 5.75 Å². The molecule has 1 aromatic heterocycles. The molecule has 0 fully saturated rings. The van der Waals surface area contributed by atoms with E-state index < -0.39 is 29.8 Å². The maximum absolute atomic E-state index is 12.9. The summed E-state index contributed by atoms with van der Waals surface area (Å²) in [5.74, 6) is -3.18. The lowest BCUT2D eigenvalue weighted by molar-refractivity contribution is -0.274. The Morgan fingerprint density at radius 2 is 1.79 bits per heavy atom. The van der Waals surface area contributed by atoms with Crippen LogP contribution in [0.2, 0.25) is 5.02 Å². The van der Waals surface area contributed by atoms with Gasteiger partial charge in [-0.2, -0.15) is 0 Å². The van der Waals surface area contributed by atoms with Crippen molar-refractivity contribution in [3.05, 3.63) is 64.3 Å². The number of fused-ring (bicyclic) bond motifs is 1. The van der Waals surface area contributed by atoms with Crippen LogP contribution in [0.4, 0.5) is 13.2 Å². The van der Waals surface area contributed by atoms with Crippen LogP contribution >= 0.6 is 11.6 Å². The molecule has 0 saturated carbocycles. The molecule has 3 aromatic rings. The maximum atomic E-state index is 12.9. The summed E-state index contributed by atoms with van der Waals surface area (Å²) in [6.07, 6.45) is -4.84. The number of carboxylic acids is 1. The van der Waals surface area contributed by atoms with Crippen molar-refractivity contribution in [3.63, 3.8) is 0 Å². The fourth-order valence-corrected chi connectivity index (χ4v) is 3.06. The van der Waals surface area contributed by atoms with Gasteiger partial charge in [0.25, 0.3) is 0 Å². The van der Waals surface area contributed by atoms with Gasteiger partial charge in [-0.25, -0.2) is 0 Å². The number of aliphatic carboxylic acids is 1. The van der Waals surface area contributed by atoms with Crippen molar-refractivity contribution in [2.45, 2.75) is 19.2 Å². The van der Waals surface area contributed by atoms with Crippen LogP contribution in [-0.2, 0) is 4.79 Å². The lowest BCUT2D eigenvalue weighted by atomic mass is 9.94. The molecule has 0 saturated heterocycles. The Labute approximate surface area is 161 Å². The second-order valence-corrected chi connectivity index (χ2v) is 6.50. The molecule has 9 heteroatoms. The predicted molar refractivity (Wildman–Crippen MR) is 95.9 cm³/mol. The molecule has 0 spiro atoms. The molecular formula is C19H13ClF3NO4. The third-order valence-electron chi connectivity index (χ3n) is 4.18. The van der Waals surface area contributed by atoms with Crippen molar-refractivity contribution < 1.29 is 32.6 Å². The van der Waals surface area contributed by atoms with Gasteiger partial charge < -0.3 is 14.8 Å². The topological polar surface area (TPSA) is 79.4 Å². The van der Waals surface area contributed by atoms with Gasteiger partial charge in [-0.15, -0.1) is 13.2 Å². The number of benzene rings is 2. The molecule has 2 N–H and O–H groups in total. The number of carbonyl (C=O) groups is 2. The molecule has 146 valence electrons. The second-order valence-electron chi connectivity index (χ2n) is 6.06. The van der Waals surface area contributed by atoms with Gasteiger partial charge in [0.05, 0.1) is 11.6 Å². The quantitative estimate of drug-likeness (QED) is 0.570. The number of carbonyl (C=O) groups excluding carboxylic acids is 1. The number of ketones is 1. The van der Waals surface area contributed by atoms with Crippen LogP contribution in [0.1, 0.15) is 34.5 Å². The lowest BCUT2D eigenvalue weighted by Gasteiger charge is -2.10. The van der Waals surface area contributed by atoms with E-state index in [9.17, 15) is 27.9 Å². The van der Waals surface area contributed by atoms with Gasteiger partial charge in [-0.3, -0.25) is 9.59 Å². The Morgan fingerprint density at radius 1 is 1.14 bits per heavy atom. The minimum Gasteiger partial charge on any atom is -0.481 e. The first-order valence-electron chi connectivity index (χ1n) is 8.01. The average Bonchev–Trinajstić information content (AvgIpc) is 2.98. The zero-order valence-corrected chi connectivity index (χ0v) is 15.1. The van der Waals surface area contributed by atoms with Crippen molar-refractivity contribution in [1.29, 1.82) is 0 Å². The molecule has 1 unspecified atom stereocenters. The van der Waals surface area contributed by atoms with Crippen molar-refractivity contribution >= 4 is 34.3 Å². The zero-order chi connectivity index (χ0) is 20.6. The molecule has 0 radical (unpaired) electrons. The Bertz CT molecular complexity index is 1060. The highest BCUT2D eigenvalue weighted by molar-refractivity contribution is 6.31. The van der Waals surface area contributed by atoms with Crippen LogP contribution in [-0.4, -0.2) is 28.2 Å². The number of H-pyrrole nitrogens is 1. The van der Waals surface area contributed by atoms with Crippen molar-refractivity contribution in [2.75, 3.05) is 0 Å². The SMILES string of the molecule is CC(C(=O)O)c1c(C(=O)c2ccc(OC(F)(F)F)cc2)[nH]c2ccc(Cl)cc12. The number of ether oxygens (including phenoxy) is 1. The average molecular weight is 412 g/mol. The van der Waals surface area contributed by atoms with E-state index in [2.05, 4.69) is 9.72 Å². The summed E-state index contributed by atoms with van der Waals surface area (Å²) < 4.78 is 40.6. The monoisotopic (exact) mass is 411 g/mol. The van der Waals surface area contributed by atoms with E-state index in [0.717, 1.165) is 12.1 Å². The Balaban J connectivity index is 2.06. The number of nitrogens with one attached hydrogen (secondary N) is 1. The summed E-state index contributed by atoms with van der Waals surface area (Å²) in [5.41, 5.74) is 0.890. The van der Waals surface area contributed by atoms with E-state index >= 15 is 0 Å². The molecule has 0 aliphatic rings. The summed E-state index contributed by atoms with van der Waals surface area (Å²) in [5, 5.41) is 10.3. The molecule has 0 aliphatic carbocycles. The van der Waals surface area contributed by atoms with Gasteiger partial charge in [0.15, 0.2) is 0 Å². The van der Waals surface area contributed by atoms with Gasteiger partial charge in [0, 0.05) is 27.1 Å². The maximum Gasteiger partial charge on any atom is 0.573 e. The highest BCUT2D eigenvalue weighted by atomic mass is 35.5. The van der Waals surface area contributed by atoms with Gasteiger partial charge in [-0.1, -0.05) is 11.6 Å². The predicted octanol–water partition coefficient (Wildman–Crippen LogP) is 5.14. The van der Waals surface area contributed by atoms with Crippen molar-refractivity contribution in [1.82, 2.24) is 4.98 Å². The molecule has 1 heterocycles. The summed E-state index contributed by atoms with van der Waals surface area (Å²) in [6, 6.07) is 9.15. The fourth-order valence-electron chi connectivity index (χ4n) is 2.89. The van der Waals surface area contributed by atoms with Crippen LogP contribution in [0, 0.1) is 0 Å². The van der Waals surface area contributed by atoms with Gasteiger partial charge in [-0.05, 0) is 49.4 Å². The minimum absolute atomic E-state index is 0.0386. The van der Waals surface area contributed by atoms with Crippen molar-refractivity contribution in [3.8, 4) is 5.75 Å². The van der Waals surface area contributed by atoms with Gasteiger partial charge >= 0.3 is 12.3 Å². The summed E-state index contributed by atoms with van der Waals surface area (Å²) in [7, 11) is 0. The highest BCUT2D eigenvalue weighted by Crippen LogP contribution is 2.33. The Morgan fingerprint density at radius 3 is 2.36 bits per heavy atom. The van der Waals surface area contributed by atoms with E-state index in [1.807, 2.05) is 0 Å². The largest absolute Gasteiger partial charge is 0.573 e. The molecule has 3 rings (SSSR count). The normalized spacial score (nSPS) is 12.8. The summed E-state index contributed by atoms with van der Waals surface area (Å²) in [6.45, 7) is 1.43. The molecule has 28 heavy (non-hydrogen) atoms. The first-order valence-corrected chi connectivity index (χ1v) is 8.39. The molecule has 5 nitrogen and oxygen atoms in total. The van der Waals surface area contributed by atoms with Crippen LogP contribution in [0.25, 0.3) is 10.9 Å². The summed E-state index contributed by atoms with van der Waals surface area (Å²) in [4.78, 5) is 27.4. The zero-order valence-electron chi connectivity index (χ0n) is 14.3. The number of carboxylic acid groups (broad SMARTS) is 1. The fraction of sp³-hybridized carbons (Fsp3) is 0.158. The number of aromatic nitrogens is 1. The number of hydrogen-bond acceptors (Lipinski definition) is 3. The number of rotatable bonds is 5. The number of halogens is 4. The molecule has 0 amide bonds. The van der Waals surface area contributed by atoms with Gasteiger partial charge in [0.2, 0.25) is 5.78 Å². The van der Waals surface area contributed by atoms with E-state index in [-0.39, 0.29) is 16.8 Å². The molecular weight excluding hydrogens is 399 g/mol. The Kier molecular flexibility index (Phi) is 5.08. The van der Waals surface area contributed by atoms with Crippen molar-refractivity contribution in [2.24, 2.45) is 0 Å². The summed E-state index contributed by atoms with van der Waals surface area (Å²) >= 11 is 6.00. The molecule has 0 aliphatic heterocycles. The number of aromatic amines is 1. The van der Waals surface area contributed by atoms with E-state index in [4.69, 9.17) is 11.6 Å². The molecule has 1 atom stereocenters. The smallest absolute Gasteiger partial charge is 0.481 e. The standard InChI is InChI=1S/C19H13ClF3NO4/c1-9(18(26)27)15-13-8-11(20)4-7-14(13)24-16(15)17(25)10-2-5-12(6-3-10)28-19(21,22)23/h2-9,24H,1H3,(H,26,27). The lowest BCUT2D eigenvalue weighted by Crippen LogP contribution is -2.17. The molecule has 2 aromatic carbocycles. The highest BCUT2D eigenvalue weighted by Gasteiger charge is 2.31. The Hall–Kier alpha value is -3.00. The first-order chi connectivity index (χ1) is 13.1. The van der Waals surface area contributed by atoms with Crippen LogP contribution in [0.3, 0.4) is 0 Å². The molecule has 0 bridgehead atoms. The minimum atomic E-state index is -4.84. The third kappa shape index (κ3) is 3.96. The second kappa shape index (κ2) is 7.20. The van der Waals surface area contributed by atoms with E-state index in [1.54, 1.807) is 18.2 Å². The number of hydrogen-bond donors (Lipinski definition) is 2. The first kappa shape index (κ1) is 19.8. The van der Waals surface area contributed by atoms with Crippen LogP contribution < -0.4 is 4.74 Å². The van der Waals surface area contributed by atoms with E-state index in [1.165, 1.54) is 19.1 Å². The van der Waals surface area contributed by atoms with Crippen LogP contribution in [0.5, 0.6) is 5.75 Å². The van der Waals surface area contributed by atoms with E-state index in [0.29, 0.717) is 15.9 Å². The number of alkyl halides is 3.